The van der Waals surface area contributed by atoms with E-state index in [-0.39, 0.29) is 12.4 Å². The topological polar surface area (TPSA) is 32.5 Å². The number of hydrogen-bond donors (Lipinski definition) is 1. The first-order valence-electron chi connectivity index (χ1n) is 6.13. The van der Waals surface area contributed by atoms with E-state index in [0.717, 1.165) is 38.3 Å². The molecule has 2 N–H and O–H groups in total. The summed E-state index contributed by atoms with van der Waals surface area (Å²) in [4.78, 5) is 4.55. The first-order valence-corrected chi connectivity index (χ1v) is 6.13. The lowest BCUT2D eigenvalue weighted by Crippen LogP contribution is -2.30. The van der Waals surface area contributed by atoms with Gasteiger partial charge < -0.3 is 15.5 Å². The molecule has 0 spiro atoms. The van der Waals surface area contributed by atoms with Crippen molar-refractivity contribution in [3.8, 4) is 0 Å². The Hall–Kier alpha value is -1.13. The minimum atomic E-state index is -0.192. The predicted octanol–water partition coefficient (Wildman–Crippen LogP) is 1.43. The molecular weight excluding hydrogens is 217 g/mol. The normalized spacial score (nSPS) is 18.2. The Bertz CT molecular complexity index is 381. The molecule has 0 aliphatic carbocycles. The standard InChI is InChI=1S/C13H20FN3/c1-16-6-3-7-17(9-8-16)13-5-2-4-12(14)11(13)10-15/h2,4-5H,3,6-10,15H2,1H3. The Morgan fingerprint density at radius 3 is 2.82 bits per heavy atom. The Morgan fingerprint density at radius 2 is 2.06 bits per heavy atom. The summed E-state index contributed by atoms with van der Waals surface area (Å²) < 4.78 is 13.7. The molecule has 0 amide bonds. The molecule has 4 heteroatoms. The van der Waals surface area contributed by atoms with Crippen LogP contribution in [-0.2, 0) is 6.54 Å². The minimum absolute atomic E-state index is 0.192. The quantitative estimate of drug-likeness (QED) is 0.844. The van der Waals surface area contributed by atoms with Crippen LogP contribution >= 0.6 is 0 Å². The molecule has 0 radical (unpaired) electrons. The zero-order valence-corrected chi connectivity index (χ0v) is 10.3. The van der Waals surface area contributed by atoms with Gasteiger partial charge in [-0.1, -0.05) is 6.07 Å². The SMILES string of the molecule is CN1CCCN(c2cccc(F)c2CN)CC1. The third-order valence-corrected chi connectivity index (χ3v) is 3.36. The summed E-state index contributed by atoms with van der Waals surface area (Å²) in [5, 5.41) is 0. The molecular formula is C13H20FN3. The molecule has 0 saturated carbocycles. The summed E-state index contributed by atoms with van der Waals surface area (Å²) in [6.07, 6.45) is 1.11. The van der Waals surface area contributed by atoms with Crippen molar-refractivity contribution in [2.24, 2.45) is 5.73 Å². The van der Waals surface area contributed by atoms with Gasteiger partial charge in [0.05, 0.1) is 0 Å². The number of nitrogens with two attached hydrogens (primary N) is 1. The van der Waals surface area contributed by atoms with Gasteiger partial charge in [0.15, 0.2) is 0 Å². The van der Waals surface area contributed by atoms with Gasteiger partial charge in [0.2, 0.25) is 0 Å². The van der Waals surface area contributed by atoms with Crippen LogP contribution in [0.25, 0.3) is 0 Å². The highest BCUT2D eigenvalue weighted by atomic mass is 19.1. The van der Waals surface area contributed by atoms with Gasteiger partial charge in [-0.2, -0.15) is 0 Å². The monoisotopic (exact) mass is 237 g/mol. The van der Waals surface area contributed by atoms with E-state index in [1.165, 1.54) is 6.07 Å². The second kappa shape index (κ2) is 5.47. The first-order chi connectivity index (χ1) is 8.22. The number of nitrogens with zero attached hydrogens (tertiary/aromatic N) is 2. The molecule has 0 aromatic heterocycles. The van der Waals surface area contributed by atoms with Gasteiger partial charge in [0, 0.05) is 37.4 Å². The Kier molecular flexibility index (Phi) is 3.97. The van der Waals surface area contributed by atoms with Gasteiger partial charge in [-0.05, 0) is 32.1 Å². The summed E-state index contributed by atoms with van der Waals surface area (Å²) >= 11 is 0. The Morgan fingerprint density at radius 1 is 1.24 bits per heavy atom. The molecule has 1 heterocycles. The molecule has 1 aliphatic heterocycles. The van der Waals surface area contributed by atoms with Crippen LogP contribution in [0.4, 0.5) is 10.1 Å². The molecule has 1 saturated heterocycles. The van der Waals surface area contributed by atoms with Crippen LogP contribution in [0.3, 0.4) is 0 Å². The van der Waals surface area contributed by atoms with Crippen LogP contribution in [0.2, 0.25) is 0 Å². The van der Waals surface area contributed by atoms with Crippen LogP contribution in [0.1, 0.15) is 12.0 Å². The molecule has 94 valence electrons. The summed E-state index contributed by atoms with van der Waals surface area (Å²) in [6.45, 7) is 4.28. The van der Waals surface area contributed by atoms with E-state index in [0.29, 0.717) is 5.56 Å². The maximum atomic E-state index is 13.7. The lowest BCUT2D eigenvalue weighted by molar-refractivity contribution is 0.360. The van der Waals surface area contributed by atoms with Gasteiger partial charge in [-0.3, -0.25) is 0 Å². The zero-order valence-electron chi connectivity index (χ0n) is 10.3. The second-order valence-electron chi connectivity index (χ2n) is 4.59. The summed E-state index contributed by atoms with van der Waals surface area (Å²) in [7, 11) is 2.12. The van der Waals surface area contributed by atoms with Crippen LogP contribution in [0.15, 0.2) is 18.2 Å². The number of likely N-dealkylation sites (N-methyl/N-ethyl adjacent to an activating group) is 1. The van der Waals surface area contributed by atoms with E-state index < -0.39 is 0 Å². The van der Waals surface area contributed by atoms with Crippen molar-refractivity contribution in [3.05, 3.63) is 29.6 Å². The lowest BCUT2D eigenvalue weighted by Gasteiger charge is -2.25. The fourth-order valence-corrected chi connectivity index (χ4v) is 2.33. The maximum absolute atomic E-state index is 13.7. The van der Waals surface area contributed by atoms with Gasteiger partial charge in [0.1, 0.15) is 5.82 Å². The molecule has 0 atom stereocenters. The van der Waals surface area contributed by atoms with Crippen molar-refractivity contribution >= 4 is 5.69 Å². The highest BCUT2D eigenvalue weighted by Crippen LogP contribution is 2.23. The number of anilines is 1. The largest absolute Gasteiger partial charge is 0.370 e. The van der Waals surface area contributed by atoms with Crippen LogP contribution in [0.5, 0.6) is 0 Å². The first kappa shape index (κ1) is 12.3. The smallest absolute Gasteiger partial charge is 0.129 e. The molecule has 3 nitrogen and oxygen atoms in total. The molecule has 0 bridgehead atoms. The Balaban J connectivity index is 2.23. The summed E-state index contributed by atoms with van der Waals surface area (Å²) in [5.41, 5.74) is 7.24. The van der Waals surface area contributed by atoms with E-state index in [1.807, 2.05) is 6.07 Å². The van der Waals surface area contributed by atoms with E-state index in [2.05, 4.69) is 16.8 Å². The molecule has 17 heavy (non-hydrogen) atoms. The van der Waals surface area contributed by atoms with Crippen LogP contribution in [0, 0.1) is 5.82 Å². The highest BCUT2D eigenvalue weighted by Gasteiger charge is 2.16. The van der Waals surface area contributed by atoms with Gasteiger partial charge in [-0.15, -0.1) is 0 Å². The maximum Gasteiger partial charge on any atom is 0.129 e. The number of hydrogen-bond acceptors (Lipinski definition) is 3. The van der Waals surface area contributed by atoms with E-state index in [4.69, 9.17) is 5.73 Å². The van der Waals surface area contributed by atoms with Crippen molar-refractivity contribution in [1.29, 1.82) is 0 Å². The average molecular weight is 237 g/mol. The van der Waals surface area contributed by atoms with E-state index in [1.54, 1.807) is 6.07 Å². The second-order valence-corrected chi connectivity index (χ2v) is 4.59. The number of benzene rings is 1. The van der Waals surface area contributed by atoms with Crippen LogP contribution < -0.4 is 10.6 Å². The Labute approximate surface area is 102 Å². The van der Waals surface area contributed by atoms with Crippen molar-refractivity contribution in [2.45, 2.75) is 13.0 Å². The lowest BCUT2D eigenvalue weighted by atomic mass is 10.1. The van der Waals surface area contributed by atoms with Gasteiger partial charge in [-0.25, -0.2) is 4.39 Å². The summed E-state index contributed by atoms with van der Waals surface area (Å²) in [5.74, 6) is -0.192. The predicted molar refractivity (Wildman–Crippen MR) is 68.6 cm³/mol. The van der Waals surface area contributed by atoms with E-state index in [9.17, 15) is 4.39 Å². The number of rotatable bonds is 2. The molecule has 1 aromatic carbocycles. The fraction of sp³-hybridized carbons (Fsp3) is 0.538. The molecule has 1 fully saturated rings. The zero-order chi connectivity index (χ0) is 12.3. The van der Waals surface area contributed by atoms with Gasteiger partial charge >= 0.3 is 0 Å². The molecule has 1 aliphatic rings. The van der Waals surface area contributed by atoms with Crippen molar-refractivity contribution in [3.63, 3.8) is 0 Å². The third-order valence-electron chi connectivity index (χ3n) is 3.36. The molecule has 0 unspecified atom stereocenters. The van der Waals surface area contributed by atoms with Gasteiger partial charge in [0.25, 0.3) is 0 Å². The minimum Gasteiger partial charge on any atom is -0.370 e. The number of halogens is 1. The summed E-state index contributed by atoms with van der Waals surface area (Å²) in [6, 6.07) is 5.21. The highest BCUT2D eigenvalue weighted by molar-refractivity contribution is 5.54. The van der Waals surface area contributed by atoms with Crippen molar-refractivity contribution in [1.82, 2.24) is 4.90 Å². The molecule has 2 rings (SSSR count). The van der Waals surface area contributed by atoms with E-state index >= 15 is 0 Å². The third kappa shape index (κ3) is 2.76. The molecule has 1 aromatic rings. The fourth-order valence-electron chi connectivity index (χ4n) is 2.33. The van der Waals surface area contributed by atoms with Crippen molar-refractivity contribution < 1.29 is 4.39 Å². The van der Waals surface area contributed by atoms with Crippen LogP contribution in [-0.4, -0.2) is 38.1 Å². The average Bonchev–Trinajstić information content (AvgIpc) is 2.54. The van der Waals surface area contributed by atoms with Crippen molar-refractivity contribution in [2.75, 3.05) is 38.1 Å².